The van der Waals surface area contributed by atoms with Crippen LogP contribution < -0.4 is 0 Å². The fraction of sp³-hybridized carbons (Fsp3) is 0.562. The van der Waals surface area contributed by atoms with Crippen molar-refractivity contribution >= 4 is 5.78 Å². The summed E-state index contributed by atoms with van der Waals surface area (Å²) in [7, 11) is 0. The Morgan fingerprint density at radius 3 is 2.17 bits per heavy atom. The van der Waals surface area contributed by atoms with Crippen LogP contribution >= 0.6 is 0 Å². The molecule has 1 aliphatic rings. The van der Waals surface area contributed by atoms with Crippen LogP contribution in [0.2, 0.25) is 0 Å². The van der Waals surface area contributed by atoms with Gasteiger partial charge in [0.1, 0.15) is 0 Å². The third-order valence-electron chi connectivity index (χ3n) is 4.06. The number of rotatable bonds is 3. The molecule has 0 bridgehead atoms. The molecule has 0 spiro atoms. The molecular formula is C16H23NO. The molecular weight excluding hydrogens is 222 g/mol. The summed E-state index contributed by atoms with van der Waals surface area (Å²) in [6, 6.07) is 4.07. The molecule has 1 aliphatic heterocycles. The Morgan fingerprint density at radius 2 is 1.61 bits per heavy atom. The molecule has 1 saturated heterocycles. The molecule has 0 radical (unpaired) electrons. The molecule has 1 fully saturated rings. The number of Topliss-reactive ketones (excluding diaryl/α,β-unsaturated/α-hetero) is 1. The van der Waals surface area contributed by atoms with E-state index in [0.29, 0.717) is 6.54 Å². The maximum Gasteiger partial charge on any atom is 0.176 e. The largest absolute Gasteiger partial charge is 0.296 e. The fourth-order valence-corrected chi connectivity index (χ4v) is 2.61. The zero-order chi connectivity index (χ0) is 13.1. The van der Waals surface area contributed by atoms with Crippen molar-refractivity contribution < 1.29 is 4.79 Å². The molecule has 0 amide bonds. The van der Waals surface area contributed by atoms with Crippen molar-refractivity contribution in [2.24, 2.45) is 0 Å². The van der Waals surface area contributed by atoms with Crippen LogP contribution in [0.1, 0.15) is 46.3 Å². The zero-order valence-electron chi connectivity index (χ0n) is 11.8. The van der Waals surface area contributed by atoms with Crippen molar-refractivity contribution in [1.29, 1.82) is 0 Å². The third-order valence-corrected chi connectivity index (χ3v) is 4.06. The lowest BCUT2D eigenvalue weighted by Gasteiger charge is -2.25. The van der Waals surface area contributed by atoms with Crippen molar-refractivity contribution in [3.63, 3.8) is 0 Å². The Balaban J connectivity index is 2.08. The highest BCUT2D eigenvalue weighted by Gasteiger charge is 2.16. The molecule has 2 heteroatoms. The molecule has 0 saturated carbocycles. The van der Waals surface area contributed by atoms with E-state index in [0.717, 1.165) is 18.7 Å². The molecule has 2 rings (SSSR count). The van der Waals surface area contributed by atoms with Crippen LogP contribution in [-0.4, -0.2) is 30.3 Å². The first-order chi connectivity index (χ1) is 8.58. The van der Waals surface area contributed by atoms with E-state index in [1.54, 1.807) is 0 Å². The zero-order valence-corrected chi connectivity index (χ0v) is 11.8. The van der Waals surface area contributed by atoms with Gasteiger partial charge in [0, 0.05) is 5.56 Å². The smallest absolute Gasteiger partial charge is 0.176 e. The first kappa shape index (κ1) is 13.3. The Labute approximate surface area is 110 Å². The van der Waals surface area contributed by atoms with Crippen LogP contribution in [0.25, 0.3) is 0 Å². The van der Waals surface area contributed by atoms with Gasteiger partial charge >= 0.3 is 0 Å². The van der Waals surface area contributed by atoms with Crippen LogP contribution in [0, 0.1) is 20.8 Å². The minimum Gasteiger partial charge on any atom is -0.296 e. The van der Waals surface area contributed by atoms with Crippen LogP contribution in [0.15, 0.2) is 12.1 Å². The summed E-state index contributed by atoms with van der Waals surface area (Å²) in [5.41, 5.74) is 4.61. The van der Waals surface area contributed by atoms with Crippen molar-refractivity contribution in [3.8, 4) is 0 Å². The summed E-state index contributed by atoms with van der Waals surface area (Å²) in [6.45, 7) is 9.02. The second-order valence-electron chi connectivity index (χ2n) is 5.50. The van der Waals surface area contributed by atoms with Crippen molar-refractivity contribution in [1.82, 2.24) is 4.90 Å². The van der Waals surface area contributed by atoms with E-state index in [1.807, 2.05) is 12.1 Å². The van der Waals surface area contributed by atoms with Gasteiger partial charge in [-0.3, -0.25) is 9.69 Å². The SMILES string of the molecule is Cc1cc(C(=O)CN2CCCCC2)cc(C)c1C. The normalized spacial score (nSPS) is 16.8. The lowest BCUT2D eigenvalue weighted by molar-refractivity contribution is 0.0915. The van der Waals surface area contributed by atoms with Gasteiger partial charge in [-0.2, -0.15) is 0 Å². The van der Waals surface area contributed by atoms with Crippen LogP contribution in [0.5, 0.6) is 0 Å². The number of nitrogens with zero attached hydrogens (tertiary/aromatic N) is 1. The van der Waals surface area contributed by atoms with Crippen LogP contribution in [-0.2, 0) is 0 Å². The molecule has 18 heavy (non-hydrogen) atoms. The number of aryl methyl sites for hydroxylation is 2. The number of ketones is 1. The Morgan fingerprint density at radius 1 is 1.06 bits per heavy atom. The highest BCUT2D eigenvalue weighted by molar-refractivity contribution is 5.98. The predicted octanol–water partition coefficient (Wildman–Crippen LogP) is 3.28. The second-order valence-corrected chi connectivity index (χ2v) is 5.50. The quantitative estimate of drug-likeness (QED) is 0.762. The number of piperidine rings is 1. The Bertz CT molecular complexity index is 421. The van der Waals surface area contributed by atoms with Crippen molar-refractivity contribution in [2.75, 3.05) is 19.6 Å². The molecule has 0 unspecified atom stereocenters. The summed E-state index contributed by atoms with van der Waals surface area (Å²) in [6.07, 6.45) is 3.78. The second kappa shape index (κ2) is 5.66. The van der Waals surface area contributed by atoms with Crippen LogP contribution in [0.3, 0.4) is 0 Å². The number of carbonyl (C=O) groups is 1. The van der Waals surface area contributed by atoms with Gasteiger partial charge in [-0.05, 0) is 75.5 Å². The van der Waals surface area contributed by atoms with Gasteiger partial charge in [-0.25, -0.2) is 0 Å². The monoisotopic (exact) mass is 245 g/mol. The van der Waals surface area contributed by atoms with Gasteiger partial charge < -0.3 is 0 Å². The third kappa shape index (κ3) is 2.99. The Hall–Kier alpha value is -1.15. The maximum atomic E-state index is 12.3. The van der Waals surface area contributed by atoms with Gasteiger partial charge in [0.15, 0.2) is 5.78 Å². The highest BCUT2D eigenvalue weighted by atomic mass is 16.1. The van der Waals surface area contributed by atoms with E-state index in [4.69, 9.17) is 0 Å². The molecule has 0 N–H and O–H groups in total. The van der Waals surface area contributed by atoms with Gasteiger partial charge in [-0.1, -0.05) is 6.42 Å². The van der Waals surface area contributed by atoms with Gasteiger partial charge in [0.05, 0.1) is 6.54 Å². The predicted molar refractivity (Wildman–Crippen MR) is 75.3 cm³/mol. The average molecular weight is 245 g/mol. The fourth-order valence-electron chi connectivity index (χ4n) is 2.61. The topological polar surface area (TPSA) is 20.3 Å². The molecule has 98 valence electrons. The van der Waals surface area contributed by atoms with E-state index in [-0.39, 0.29) is 5.78 Å². The van der Waals surface area contributed by atoms with Crippen molar-refractivity contribution in [3.05, 3.63) is 34.4 Å². The number of likely N-dealkylation sites (tertiary alicyclic amines) is 1. The van der Waals surface area contributed by atoms with E-state index in [9.17, 15) is 4.79 Å². The minimum atomic E-state index is 0.267. The average Bonchev–Trinajstić information content (AvgIpc) is 2.36. The molecule has 1 heterocycles. The van der Waals surface area contributed by atoms with E-state index in [2.05, 4.69) is 25.7 Å². The highest BCUT2D eigenvalue weighted by Crippen LogP contribution is 2.17. The first-order valence-corrected chi connectivity index (χ1v) is 6.91. The van der Waals surface area contributed by atoms with E-state index in [1.165, 1.54) is 36.0 Å². The summed E-state index contributed by atoms with van der Waals surface area (Å²) >= 11 is 0. The number of carbonyl (C=O) groups excluding carboxylic acids is 1. The first-order valence-electron chi connectivity index (χ1n) is 6.91. The summed E-state index contributed by atoms with van der Waals surface area (Å²) in [5, 5.41) is 0. The van der Waals surface area contributed by atoms with Crippen molar-refractivity contribution in [2.45, 2.75) is 40.0 Å². The summed E-state index contributed by atoms with van der Waals surface area (Å²) in [5.74, 6) is 0.267. The lowest BCUT2D eigenvalue weighted by atomic mass is 9.98. The van der Waals surface area contributed by atoms with Gasteiger partial charge in [-0.15, -0.1) is 0 Å². The molecule has 0 aromatic heterocycles. The standard InChI is InChI=1S/C16H23NO/c1-12-9-15(10-13(2)14(12)3)16(18)11-17-7-5-4-6-8-17/h9-10H,4-8,11H2,1-3H3. The van der Waals surface area contributed by atoms with E-state index >= 15 is 0 Å². The number of hydrogen-bond acceptors (Lipinski definition) is 2. The Kier molecular flexibility index (Phi) is 4.18. The minimum absolute atomic E-state index is 0.267. The summed E-state index contributed by atoms with van der Waals surface area (Å²) in [4.78, 5) is 14.6. The molecule has 0 atom stereocenters. The van der Waals surface area contributed by atoms with Gasteiger partial charge in [0.2, 0.25) is 0 Å². The molecule has 2 nitrogen and oxygen atoms in total. The number of hydrogen-bond donors (Lipinski definition) is 0. The molecule has 1 aromatic rings. The number of benzene rings is 1. The molecule has 0 aliphatic carbocycles. The maximum absolute atomic E-state index is 12.3. The van der Waals surface area contributed by atoms with E-state index < -0.39 is 0 Å². The summed E-state index contributed by atoms with van der Waals surface area (Å²) < 4.78 is 0. The molecule has 1 aromatic carbocycles. The van der Waals surface area contributed by atoms with Gasteiger partial charge in [0.25, 0.3) is 0 Å². The lowest BCUT2D eigenvalue weighted by Crippen LogP contribution is -2.34. The van der Waals surface area contributed by atoms with Crippen LogP contribution in [0.4, 0.5) is 0 Å².